The number of hydrogen-bond acceptors (Lipinski definition) is 3. The molecule has 0 bridgehead atoms. The minimum atomic E-state index is -0.121. The van der Waals surface area contributed by atoms with Gasteiger partial charge in [0.1, 0.15) is 6.10 Å². The van der Waals surface area contributed by atoms with Gasteiger partial charge in [-0.2, -0.15) is 0 Å². The van der Waals surface area contributed by atoms with Gasteiger partial charge in [-0.1, -0.05) is 19.9 Å². The average molecular weight is 359 g/mol. The minimum absolute atomic E-state index is 0.118. The molecule has 3 fully saturated rings. The van der Waals surface area contributed by atoms with E-state index >= 15 is 0 Å². The van der Waals surface area contributed by atoms with Crippen molar-refractivity contribution in [2.24, 2.45) is 34.5 Å². The highest BCUT2D eigenvalue weighted by molar-refractivity contribution is 5.93. The number of ketones is 1. The van der Waals surface area contributed by atoms with Gasteiger partial charge in [0.25, 0.3) is 0 Å². The van der Waals surface area contributed by atoms with Crippen molar-refractivity contribution in [1.82, 2.24) is 0 Å². The van der Waals surface area contributed by atoms with Crippen molar-refractivity contribution in [3.63, 3.8) is 0 Å². The highest BCUT2D eigenvalue weighted by Gasteiger charge is 2.60. The predicted octanol–water partition coefficient (Wildman–Crippen LogP) is 5.09. The second-order valence-electron chi connectivity index (χ2n) is 10.1. The quantitative estimate of drug-likeness (QED) is 0.646. The summed E-state index contributed by atoms with van der Waals surface area (Å²) in [4.78, 5) is 23.4. The zero-order chi connectivity index (χ0) is 18.7. The van der Waals surface area contributed by atoms with Crippen molar-refractivity contribution in [2.45, 2.75) is 85.2 Å². The van der Waals surface area contributed by atoms with Crippen molar-refractivity contribution in [1.29, 1.82) is 0 Å². The van der Waals surface area contributed by atoms with E-state index in [1.54, 1.807) is 13.8 Å². The molecule has 0 aliphatic heterocycles. The van der Waals surface area contributed by atoms with E-state index < -0.39 is 0 Å². The van der Waals surface area contributed by atoms with Gasteiger partial charge in [-0.15, -0.1) is 0 Å². The fourth-order valence-electron chi connectivity index (χ4n) is 7.51. The number of Topliss-reactive ketones (excluding diaryl/α,β-unsaturated/α-hetero) is 1. The van der Waals surface area contributed by atoms with Gasteiger partial charge in [-0.25, -0.2) is 0 Å². The van der Waals surface area contributed by atoms with E-state index in [0.29, 0.717) is 17.3 Å². The lowest BCUT2D eigenvalue weighted by molar-refractivity contribution is -0.160. The summed E-state index contributed by atoms with van der Waals surface area (Å²) in [5, 5.41) is 0. The molecule has 4 rings (SSSR count). The molecule has 0 spiro atoms. The van der Waals surface area contributed by atoms with Crippen LogP contribution < -0.4 is 0 Å². The molecule has 0 aromatic rings. The topological polar surface area (TPSA) is 43.4 Å². The molecule has 26 heavy (non-hydrogen) atoms. The number of carbonyl (C=O) groups excluding carboxylic acids is 2. The van der Waals surface area contributed by atoms with Crippen molar-refractivity contribution in [3.8, 4) is 0 Å². The summed E-state index contributed by atoms with van der Waals surface area (Å²) in [6, 6.07) is 0. The molecule has 3 heteroatoms. The third kappa shape index (κ3) is 2.60. The van der Waals surface area contributed by atoms with E-state index in [1.165, 1.54) is 32.1 Å². The second-order valence-corrected chi connectivity index (χ2v) is 10.1. The summed E-state index contributed by atoms with van der Waals surface area (Å²) in [6.45, 7) is 8.16. The number of allylic oxidation sites excluding steroid dienone is 2. The number of fused-ring (bicyclic) bond motifs is 5. The van der Waals surface area contributed by atoms with Crippen LogP contribution in [0.1, 0.15) is 79.1 Å². The van der Waals surface area contributed by atoms with E-state index in [-0.39, 0.29) is 23.3 Å². The SMILES string of the molecule is CC(=O)O[C@H]1CC[C@H]2[C@@H]3CC[C@H]4CC(C(C)=O)=CC[C@]4(C)[C@H]3CC[C@]12C. The Morgan fingerprint density at radius 1 is 1.00 bits per heavy atom. The molecule has 144 valence electrons. The first kappa shape index (κ1) is 18.3. The molecular weight excluding hydrogens is 324 g/mol. The second kappa shape index (κ2) is 6.21. The first-order valence-corrected chi connectivity index (χ1v) is 10.6. The maximum absolute atomic E-state index is 11.9. The Balaban J connectivity index is 1.58. The molecule has 0 saturated heterocycles. The van der Waals surface area contributed by atoms with E-state index in [1.807, 2.05) is 0 Å². The van der Waals surface area contributed by atoms with Crippen LogP contribution in [-0.4, -0.2) is 17.9 Å². The lowest BCUT2D eigenvalue weighted by atomic mass is 9.45. The number of carbonyl (C=O) groups is 2. The molecule has 0 aromatic carbocycles. The molecule has 3 nitrogen and oxygen atoms in total. The molecule has 0 amide bonds. The van der Waals surface area contributed by atoms with Gasteiger partial charge >= 0.3 is 5.97 Å². The van der Waals surface area contributed by atoms with Crippen LogP contribution in [0, 0.1) is 34.5 Å². The summed E-state index contributed by atoms with van der Waals surface area (Å²) in [5.74, 6) is 3.04. The molecule has 7 atom stereocenters. The Labute approximate surface area is 157 Å². The van der Waals surface area contributed by atoms with Crippen LogP contribution in [-0.2, 0) is 14.3 Å². The normalized spacial score (nSPS) is 47.2. The first-order chi connectivity index (χ1) is 12.3. The van der Waals surface area contributed by atoms with E-state index in [9.17, 15) is 9.59 Å². The number of ether oxygens (including phenoxy) is 1. The molecule has 0 aromatic heterocycles. The van der Waals surface area contributed by atoms with Crippen molar-refractivity contribution < 1.29 is 14.3 Å². The van der Waals surface area contributed by atoms with E-state index in [4.69, 9.17) is 4.74 Å². The predicted molar refractivity (Wildman–Crippen MR) is 101 cm³/mol. The van der Waals surface area contributed by atoms with Gasteiger partial charge in [0, 0.05) is 12.3 Å². The fraction of sp³-hybridized carbons (Fsp3) is 0.826. The van der Waals surface area contributed by atoms with E-state index in [0.717, 1.165) is 36.7 Å². The summed E-state index contributed by atoms with van der Waals surface area (Å²) >= 11 is 0. The van der Waals surface area contributed by atoms with Gasteiger partial charge < -0.3 is 4.74 Å². The van der Waals surface area contributed by atoms with Crippen molar-refractivity contribution >= 4 is 11.8 Å². The molecule has 0 N–H and O–H groups in total. The lowest BCUT2D eigenvalue weighted by Gasteiger charge is -2.59. The van der Waals surface area contributed by atoms with Gasteiger partial charge in [0.05, 0.1) is 0 Å². The van der Waals surface area contributed by atoms with E-state index in [2.05, 4.69) is 19.9 Å². The van der Waals surface area contributed by atoms with Crippen LogP contribution >= 0.6 is 0 Å². The zero-order valence-corrected chi connectivity index (χ0v) is 16.8. The van der Waals surface area contributed by atoms with Crippen molar-refractivity contribution in [2.75, 3.05) is 0 Å². The van der Waals surface area contributed by atoms with Crippen LogP contribution in [0.5, 0.6) is 0 Å². The van der Waals surface area contributed by atoms with Crippen LogP contribution in [0.15, 0.2) is 11.6 Å². The standard InChI is InChI=1S/C23H34O3/c1-14(24)16-9-11-22(3)17(13-16)5-6-18-19-7-8-21(26-15(2)25)23(19,4)12-10-20(18)22/h9,17-21H,5-8,10-13H2,1-4H3/t17-,18-,19-,20-,21-,22-,23-/m0/s1. The molecular formula is C23H34O3. The Morgan fingerprint density at radius 2 is 1.73 bits per heavy atom. The van der Waals surface area contributed by atoms with Gasteiger partial charge in [-0.3, -0.25) is 9.59 Å². The molecule has 3 saturated carbocycles. The Bertz CT molecular complexity index is 650. The van der Waals surface area contributed by atoms with Gasteiger partial charge in [0.2, 0.25) is 0 Å². The smallest absolute Gasteiger partial charge is 0.302 e. The molecule has 4 aliphatic carbocycles. The van der Waals surface area contributed by atoms with Gasteiger partial charge in [-0.05, 0) is 93.0 Å². The van der Waals surface area contributed by atoms with Crippen molar-refractivity contribution in [3.05, 3.63) is 11.6 Å². The summed E-state index contributed by atoms with van der Waals surface area (Å²) in [5.41, 5.74) is 1.59. The number of esters is 1. The molecule has 0 unspecified atom stereocenters. The summed E-state index contributed by atoms with van der Waals surface area (Å²) < 4.78 is 5.75. The Hall–Kier alpha value is -1.12. The van der Waals surface area contributed by atoms with Gasteiger partial charge in [0.15, 0.2) is 5.78 Å². The Morgan fingerprint density at radius 3 is 2.42 bits per heavy atom. The third-order valence-electron chi connectivity index (χ3n) is 8.99. The monoisotopic (exact) mass is 358 g/mol. The average Bonchev–Trinajstić information content (AvgIpc) is 2.90. The third-order valence-corrected chi connectivity index (χ3v) is 8.99. The minimum Gasteiger partial charge on any atom is -0.462 e. The highest BCUT2D eigenvalue weighted by atomic mass is 16.5. The fourth-order valence-corrected chi connectivity index (χ4v) is 7.51. The Kier molecular flexibility index (Phi) is 4.36. The largest absolute Gasteiger partial charge is 0.462 e. The maximum Gasteiger partial charge on any atom is 0.302 e. The van der Waals surface area contributed by atoms with Crippen LogP contribution in [0.25, 0.3) is 0 Å². The molecule has 0 radical (unpaired) electrons. The van der Waals surface area contributed by atoms with Crippen LogP contribution in [0.3, 0.4) is 0 Å². The first-order valence-electron chi connectivity index (χ1n) is 10.6. The number of rotatable bonds is 2. The highest BCUT2D eigenvalue weighted by Crippen LogP contribution is 2.66. The summed E-state index contributed by atoms with van der Waals surface area (Å²) in [7, 11) is 0. The number of hydrogen-bond donors (Lipinski definition) is 0. The lowest BCUT2D eigenvalue weighted by Crippen LogP contribution is -2.53. The molecule has 4 aliphatic rings. The maximum atomic E-state index is 11.9. The summed E-state index contributed by atoms with van der Waals surface area (Å²) in [6.07, 6.45) is 11.7. The zero-order valence-electron chi connectivity index (χ0n) is 16.8. The van der Waals surface area contributed by atoms with Crippen LogP contribution in [0.2, 0.25) is 0 Å². The molecule has 0 heterocycles. The van der Waals surface area contributed by atoms with Crippen LogP contribution in [0.4, 0.5) is 0 Å².